The van der Waals surface area contributed by atoms with Crippen molar-refractivity contribution in [3.63, 3.8) is 0 Å². The Morgan fingerprint density at radius 1 is 1.13 bits per heavy atom. The van der Waals surface area contributed by atoms with Gasteiger partial charge in [-0.3, -0.25) is 13.7 Å². The molecule has 0 radical (unpaired) electrons. The van der Waals surface area contributed by atoms with E-state index >= 15 is 0 Å². The fraction of sp³-hybridized carbons (Fsp3) is 0.381. The van der Waals surface area contributed by atoms with Crippen LogP contribution >= 0.6 is 23.2 Å². The predicted octanol–water partition coefficient (Wildman–Crippen LogP) is 4.00. The molecular weight excluding hydrogens is 445 g/mol. The second-order valence-corrected chi connectivity index (χ2v) is 8.83. The van der Waals surface area contributed by atoms with E-state index in [0.29, 0.717) is 34.3 Å². The second kappa shape index (κ2) is 11.1. The predicted molar refractivity (Wildman–Crippen MR) is 123 cm³/mol. The number of nitrogens with zero attached hydrogens (tertiary/aromatic N) is 2. The topological polar surface area (TPSA) is 72.9 Å². The lowest BCUT2D eigenvalue weighted by atomic mass is 10.1. The van der Waals surface area contributed by atoms with Crippen LogP contribution in [0, 0.1) is 0 Å². The van der Waals surface area contributed by atoms with Gasteiger partial charge in [0.25, 0.3) is 17.2 Å². The Labute approximate surface area is 189 Å². The first kappa shape index (κ1) is 23.0. The molecule has 1 saturated heterocycles. The minimum absolute atomic E-state index is 0.150. The standard InChI is InChI=1S/C21H25Cl2N3O3S/c22-19-5-3-4-16(20(19)23)10-14-26(30(28)29)18-8-6-17(7-9-18)21(27)24-11-15-25-12-1-2-13-25/h3-9H,1-2,10-15H2,(H,24,27)(H,28,29). The summed E-state index contributed by atoms with van der Waals surface area (Å²) in [5.41, 5.74) is 1.86. The van der Waals surface area contributed by atoms with Crippen molar-refractivity contribution < 1.29 is 13.6 Å². The van der Waals surface area contributed by atoms with Gasteiger partial charge in [-0.15, -0.1) is 0 Å². The number of likely N-dealkylation sites (tertiary alicyclic amines) is 1. The first-order valence-corrected chi connectivity index (χ1v) is 11.7. The number of amides is 1. The molecular formula is C21H25Cl2N3O3S. The maximum atomic E-state index is 12.3. The molecule has 1 heterocycles. The molecule has 1 aliphatic heterocycles. The Hall–Kier alpha value is -1.64. The van der Waals surface area contributed by atoms with Gasteiger partial charge in [-0.05, 0) is 68.2 Å². The van der Waals surface area contributed by atoms with E-state index in [2.05, 4.69) is 10.2 Å². The van der Waals surface area contributed by atoms with Gasteiger partial charge >= 0.3 is 0 Å². The quantitative estimate of drug-likeness (QED) is 0.544. The van der Waals surface area contributed by atoms with Gasteiger partial charge < -0.3 is 10.2 Å². The highest BCUT2D eigenvalue weighted by molar-refractivity contribution is 7.80. The van der Waals surface area contributed by atoms with Crippen molar-refractivity contribution in [1.82, 2.24) is 10.2 Å². The molecule has 1 unspecified atom stereocenters. The summed E-state index contributed by atoms with van der Waals surface area (Å²) in [6.07, 6.45) is 2.90. The summed E-state index contributed by atoms with van der Waals surface area (Å²) >= 11 is 10.0. The Morgan fingerprint density at radius 2 is 1.83 bits per heavy atom. The van der Waals surface area contributed by atoms with Crippen LogP contribution in [0.25, 0.3) is 0 Å². The lowest BCUT2D eigenvalue weighted by molar-refractivity contribution is 0.0950. The minimum Gasteiger partial charge on any atom is -0.351 e. The van der Waals surface area contributed by atoms with E-state index < -0.39 is 11.3 Å². The monoisotopic (exact) mass is 469 g/mol. The fourth-order valence-corrected chi connectivity index (χ4v) is 4.44. The zero-order valence-electron chi connectivity index (χ0n) is 16.5. The third-order valence-electron chi connectivity index (χ3n) is 5.13. The lowest BCUT2D eigenvalue weighted by Crippen LogP contribution is -2.33. The zero-order chi connectivity index (χ0) is 21.5. The molecule has 1 fully saturated rings. The highest BCUT2D eigenvalue weighted by Gasteiger charge is 2.16. The molecule has 0 aliphatic carbocycles. The molecule has 3 rings (SSSR count). The largest absolute Gasteiger partial charge is 0.351 e. The van der Waals surface area contributed by atoms with Crippen molar-refractivity contribution in [2.24, 2.45) is 0 Å². The summed E-state index contributed by atoms with van der Waals surface area (Å²) in [5, 5.41) is 3.82. The smallest absolute Gasteiger partial charge is 0.261 e. The lowest BCUT2D eigenvalue weighted by Gasteiger charge is -2.20. The van der Waals surface area contributed by atoms with Gasteiger partial charge in [0.05, 0.1) is 15.7 Å². The van der Waals surface area contributed by atoms with Crippen molar-refractivity contribution in [1.29, 1.82) is 0 Å². The van der Waals surface area contributed by atoms with Crippen LogP contribution in [0.4, 0.5) is 5.69 Å². The molecule has 0 spiro atoms. The molecule has 6 nitrogen and oxygen atoms in total. The van der Waals surface area contributed by atoms with Gasteiger partial charge in [0.1, 0.15) is 0 Å². The summed E-state index contributed by atoms with van der Waals surface area (Å²) in [5.74, 6) is -0.150. The van der Waals surface area contributed by atoms with Crippen LogP contribution in [0.2, 0.25) is 10.0 Å². The van der Waals surface area contributed by atoms with Crippen LogP contribution in [0.1, 0.15) is 28.8 Å². The van der Waals surface area contributed by atoms with Crippen LogP contribution in [0.15, 0.2) is 42.5 Å². The normalized spacial score (nSPS) is 15.2. The fourth-order valence-electron chi connectivity index (χ4n) is 3.48. The molecule has 9 heteroatoms. The number of benzene rings is 2. The Bertz CT molecular complexity index is 890. The summed E-state index contributed by atoms with van der Waals surface area (Å²) in [4.78, 5) is 14.7. The molecule has 162 valence electrons. The van der Waals surface area contributed by atoms with Crippen LogP contribution in [0.5, 0.6) is 0 Å². The van der Waals surface area contributed by atoms with Crippen molar-refractivity contribution in [2.75, 3.05) is 37.0 Å². The molecule has 1 aliphatic rings. The molecule has 0 aromatic heterocycles. The second-order valence-electron chi connectivity index (χ2n) is 7.15. The highest BCUT2D eigenvalue weighted by Crippen LogP contribution is 2.26. The average molecular weight is 470 g/mol. The van der Waals surface area contributed by atoms with Crippen LogP contribution in [-0.2, 0) is 17.7 Å². The third kappa shape index (κ3) is 6.18. The molecule has 0 bridgehead atoms. The van der Waals surface area contributed by atoms with Crippen molar-refractivity contribution in [3.8, 4) is 0 Å². The van der Waals surface area contributed by atoms with E-state index in [4.69, 9.17) is 23.2 Å². The summed E-state index contributed by atoms with van der Waals surface area (Å²) in [7, 11) is 0. The van der Waals surface area contributed by atoms with Gasteiger partial charge in [0.2, 0.25) is 0 Å². The number of carbonyl (C=O) groups excluding carboxylic acids is 1. The molecule has 1 amide bonds. The maximum Gasteiger partial charge on any atom is 0.261 e. The van der Waals surface area contributed by atoms with Crippen LogP contribution in [0.3, 0.4) is 0 Å². The first-order valence-electron chi connectivity index (χ1n) is 9.87. The van der Waals surface area contributed by atoms with E-state index in [1.54, 1.807) is 36.4 Å². The van der Waals surface area contributed by atoms with E-state index in [1.165, 1.54) is 17.1 Å². The molecule has 2 N–H and O–H groups in total. The molecule has 2 aromatic rings. The van der Waals surface area contributed by atoms with Gasteiger partial charge in [-0.1, -0.05) is 35.3 Å². The number of rotatable bonds is 9. The van der Waals surface area contributed by atoms with Gasteiger partial charge in [0, 0.05) is 25.2 Å². The highest BCUT2D eigenvalue weighted by atomic mass is 35.5. The Morgan fingerprint density at radius 3 is 2.50 bits per heavy atom. The third-order valence-corrected chi connectivity index (χ3v) is 6.76. The number of anilines is 1. The van der Waals surface area contributed by atoms with Gasteiger partial charge in [-0.2, -0.15) is 0 Å². The van der Waals surface area contributed by atoms with Crippen LogP contribution < -0.4 is 9.62 Å². The molecule has 30 heavy (non-hydrogen) atoms. The van der Waals surface area contributed by atoms with E-state index in [-0.39, 0.29) is 12.5 Å². The zero-order valence-corrected chi connectivity index (χ0v) is 18.8. The average Bonchev–Trinajstić information content (AvgIpc) is 3.25. The number of nitrogens with one attached hydrogen (secondary N) is 1. The summed E-state index contributed by atoms with van der Waals surface area (Å²) < 4.78 is 22.9. The number of hydrogen-bond acceptors (Lipinski definition) is 3. The number of carbonyl (C=O) groups is 1. The molecule has 2 aromatic carbocycles. The van der Waals surface area contributed by atoms with E-state index in [1.807, 2.05) is 6.07 Å². The van der Waals surface area contributed by atoms with Crippen molar-refractivity contribution in [3.05, 3.63) is 63.6 Å². The molecule has 0 saturated carbocycles. The Balaban J connectivity index is 1.58. The number of hydrogen-bond donors (Lipinski definition) is 2. The van der Waals surface area contributed by atoms with Gasteiger partial charge in [0.15, 0.2) is 0 Å². The number of halogens is 2. The van der Waals surface area contributed by atoms with Crippen LogP contribution in [-0.4, -0.2) is 52.3 Å². The molecule has 1 atom stereocenters. The van der Waals surface area contributed by atoms with Crippen molar-refractivity contribution in [2.45, 2.75) is 19.3 Å². The summed E-state index contributed by atoms with van der Waals surface area (Å²) in [6.45, 7) is 3.92. The van der Waals surface area contributed by atoms with E-state index in [9.17, 15) is 13.6 Å². The maximum absolute atomic E-state index is 12.3. The van der Waals surface area contributed by atoms with Gasteiger partial charge in [-0.25, -0.2) is 4.21 Å². The minimum atomic E-state index is -2.21. The SMILES string of the molecule is O=C(NCCN1CCCC1)c1ccc(N(CCc2cccc(Cl)c2Cl)S(=O)O)cc1. The Kier molecular flexibility index (Phi) is 8.53. The first-order chi connectivity index (χ1) is 14.5. The summed E-state index contributed by atoms with van der Waals surface area (Å²) in [6, 6.07) is 12.0. The van der Waals surface area contributed by atoms with E-state index in [0.717, 1.165) is 25.2 Å². The van der Waals surface area contributed by atoms with Crippen molar-refractivity contribution >= 4 is 46.1 Å².